The molecule has 0 bridgehead atoms. The molecule has 0 aliphatic carbocycles. The van der Waals surface area contributed by atoms with Crippen molar-refractivity contribution in [2.24, 2.45) is 0 Å². The minimum absolute atomic E-state index is 0.0445. The van der Waals surface area contributed by atoms with E-state index < -0.39 is 23.1 Å². The fourth-order valence-electron chi connectivity index (χ4n) is 1.83. The van der Waals surface area contributed by atoms with Crippen LogP contribution in [0.5, 0.6) is 0 Å². The molecule has 0 saturated carbocycles. The minimum Gasteiger partial charge on any atom is -0.383 e. The average molecular weight is 267 g/mol. The van der Waals surface area contributed by atoms with Crippen LogP contribution in [-0.2, 0) is 12.0 Å². The molecule has 5 heteroatoms. The third-order valence-electron chi connectivity index (χ3n) is 2.81. The zero-order valence-corrected chi connectivity index (χ0v) is 10.2. The number of hydrogen-bond donors (Lipinski definition) is 1. The van der Waals surface area contributed by atoms with Crippen molar-refractivity contribution in [1.82, 2.24) is 4.98 Å². The van der Waals surface area contributed by atoms with Crippen LogP contribution in [-0.4, -0.2) is 10.1 Å². The van der Waals surface area contributed by atoms with Crippen LogP contribution in [0.2, 0.25) is 0 Å². The Morgan fingerprint density at radius 2 is 1.84 bits per heavy atom. The summed E-state index contributed by atoms with van der Waals surface area (Å²) in [6, 6.07) is 5.94. The van der Waals surface area contributed by atoms with Crippen molar-refractivity contribution >= 4 is 0 Å². The van der Waals surface area contributed by atoms with E-state index in [4.69, 9.17) is 0 Å². The molecule has 19 heavy (non-hydrogen) atoms. The van der Waals surface area contributed by atoms with Gasteiger partial charge in [-0.3, -0.25) is 4.98 Å². The van der Waals surface area contributed by atoms with E-state index in [2.05, 4.69) is 4.98 Å². The summed E-state index contributed by atoms with van der Waals surface area (Å²) in [5, 5.41) is 10.3. The number of hydrogen-bond acceptors (Lipinski definition) is 2. The van der Waals surface area contributed by atoms with Crippen LogP contribution in [0.25, 0.3) is 0 Å². The van der Waals surface area contributed by atoms with Gasteiger partial charge in [0.25, 0.3) is 0 Å². The first kappa shape index (κ1) is 13.5. The molecule has 1 aromatic carbocycles. The van der Waals surface area contributed by atoms with Gasteiger partial charge >= 0.3 is 0 Å². The monoisotopic (exact) mass is 267 g/mol. The van der Waals surface area contributed by atoms with E-state index in [0.717, 1.165) is 18.3 Å². The summed E-state index contributed by atoms with van der Waals surface area (Å²) >= 11 is 0. The third kappa shape index (κ3) is 3.12. The minimum atomic E-state index is -1.39. The molecule has 0 spiro atoms. The number of benzene rings is 1. The fourth-order valence-corrected chi connectivity index (χ4v) is 1.83. The standard InChI is InChI=1S/C14H12F3NO/c1-14(19,13-5-3-10(15)8-18-13)7-9-2-4-11(16)12(17)6-9/h2-6,8,19H,7H2,1H3. The first-order valence-electron chi connectivity index (χ1n) is 5.67. The molecule has 0 aliphatic rings. The van der Waals surface area contributed by atoms with Gasteiger partial charge in [-0.05, 0) is 36.8 Å². The van der Waals surface area contributed by atoms with Gasteiger partial charge in [0.1, 0.15) is 11.4 Å². The quantitative estimate of drug-likeness (QED) is 0.927. The molecule has 1 unspecified atom stereocenters. The summed E-state index contributed by atoms with van der Waals surface area (Å²) in [6.07, 6.45) is 1.04. The fraction of sp³-hybridized carbons (Fsp3) is 0.214. The highest BCUT2D eigenvalue weighted by atomic mass is 19.2. The number of rotatable bonds is 3. The van der Waals surface area contributed by atoms with Crippen LogP contribution in [0.15, 0.2) is 36.5 Å². The Morgan fingerprint density at radius 3 is 2.42 bits per heavy atom. The summed E-state index contributed by atoms with van der Waals surface area (Å²) in [5.74, 6) is -2.42. The molecule has 1 heterocycles. The number of aliphatic hydroxyl groups is 1. The lowest BCUT2D eigenvalue weighted by molar-refractivity contribution is 0.0528. The normalized spacial score (nSPS) is 14.2. The van der Waals surface area contributed by atoms with E-state index in [9.17, 15) is 18.3 Å². The molecule has 0 fully saturated rings. The Kier molecular flexibility index (Phi) is 3.57. The van der Waals surface area contributed by atoms with E-state index in [1.54, 1.807) is 0 Å². The zero-order valence-electron chi connectivity index (χ0n) is 10.2. The van der Waals surface area contributed by atoms with E-state index in [0.29, 0.717) is 5.56 Å². The molecule has 2 rings (SSSR count). The maximum absolute atomic E-state index is 13.1. The van der Waals surface area contributed by atoms with Crippen LogP contribution >= 0.6 is 0 Å². The van der Waals surface area contributed by atoms with Gasteiger partial charge in [0.2, 0.25) is 0 Å². The number of halogens is 3. The highest BCUT2D eigenvalue weighted by molar-refractivity contribution is 5.23. The van der Waals surface area contributed by atoms with Crippen LogP contribution in [0.1, 0.15) is 18.2 Å². The highest BCUT2D eigenvalue weighted by Gasteiger charge is 2.25. The molecule has 1 aromatic heterocycles. The maximum Gasteiger partial charge on any atom is 0.159 e. The SMILES string of the molecule is CC(O)(Cc1ccc(F)c(F)c1)c1ccc(F)cn1. The summed E-state index contributed by atoms with van der Waals surface area (Å²) in [6.45, 7) is 1.48. The molecule has 0 saturated heterocycles. The van der Waals surface area contributed by atoms with Crippen molar-refractivity contribution in [3.05, 3.63) is 65.2 Å². The van der Waals surface area contributed by atoms with Crippen molar-refractivity contribution in [2.75, 3.05) is 0 Å². The Labute approximate surface area is 108 Å². The van der Waals surface area contributed by atoms with E-state index in [1.807, 2.05) is 0 Å². The molecule has 1 N–H and O–H groups in total. The van der Waals surface area contributed by atoms with E-state index in [-0.39, 0.29) is 12.1 Å². The predicted molar refractivity (Wildman–Crippen MR) is 63.8 cm³/mol. The highest BCUT2D eigenvalue weighted by Crippen LogP contribution is 2.24. The first-order valence-corrected chi connectivity index (χ1v) is 5.67. The maximum atomic E-state index is 13.1. The molecule has 0 amide bonds. The first-order chi connectivity index (χ1) is 8.88. The van der Waals surface area contributed by atoms with Crippen molar-refractivity contribution < 1.29 is 18.3 Å². The Balaban J connectivity index is 2.25. The van der Waals surface area contributed by atoms with E-state index >= 15 is 0 Å². The molecule has 0 radical (unpaired) electrons. The van der Waals surface area contributed by atoms with Crippen LogP contribution in [0, 0.1) is 17.5 Å². The third-order valence-corrected chi connectivity index (χ3v) is 2.81. The van der Waals surface area contributed by atoms with Crippen molar-refractivity contribution in [3.8, 4) is 0 Å². The van der Waals surface area contributed by atoms with Crippen LogP contribution in [0.4, 0.5) is 13.2 Å². The largest absolute Gasteiger partial charge is 0.383 e. The molecular formula is C14H12F3NO. The average Bonchev–Trinajstić information content (AvgIpc) is 2.34. The lowest BCUT2D eigenvalue weighted by atomic mass is 9.92. The van der Waals surface area contributed by atoms with Gasteiger partial charge in [0.15, 0.2) is 11.6 Å². The zero-order chi connectivity index (χ0) is 14.0. The lowest BCUT2D eigenvalue weighted by Gasteiger charge is -2.22. The second-order valence-corrected chi connectivity index (χ2v) is 4.56. The number of pyridine rings is 1. The molecular weight excluding hydrogens is 255 g/mol. The number of nitrogens with zero attached hydrogens (tertiary/aromatic N) is 1. The topological polar surface area (TPSA) is 33.1 Å². The second kappa shape index (κ2) is 5.01. The summed E-state index contributed by atoms with van der Waals surface area (Å²) < 4.78 is 38.7. The Morgan fingerprint density at radius 1 is 1.11 bits per heavy atom. The van der Waals surface area contributed by atoms with Crippen molar-refractivity contribution in [1.29, 1.82) is 0 Å². The van der Waals surface area contributed by atoms with Crippen molar-refractivity contribution in [2.45, 2.75) is 18.9 Å². The predicted octanol–water partition coefficient (Wildman–Crippen LogP) is 2.95. The van der Waals surface area contributed by atoms with Crippen LogP contribution < -0.4 is 0 Å². The van der Waals surface area contributed by atoms with Gasteiger partial charge in [-0.1, -0.05) is 6.07 Å². The number of aromatic nitrogens is 1. The molecule has 1 atom stereocenters. The molecule has 0 aliphatic heterocycles. The van der Waals surface area contributed by atoms with Gasteiger partial charge < -0.3 is 5.11 Å². The summed E-state index contributed by atoms with van der Waals surface area (Å²) in [7, 11) is 0. The summed E-state index contributed by atoms with van der Waals surface area (Å²) in [5.41, 5.74) is -0.702. The molecule has 2 aromatic rings. The van der Waals surface area contributed by atoms with Crippen LogP contribution in [0.3, 0.4) is 0 Å². The van der Waals surface area contributed by atoms with Gasteiger partial charge in [-0.15, -0.1) is 0 Å². The van der Waals surface area contributed by atoms with E-state index in [1.165, 1.54) is 25.1 Å². The molecule has 100 valence electrons. The van der Waals surface area contributed by atoms with Gasteiger partial charge in [0, 0.05) is 6.42 Å². The lowest BCUT2D eigenvalue weighted by Crippen LogP contribution is -2.25. The summed E-state index contributed by atoms with van der Waals surface area (Å²) in [4.78, 5) is 3.79. The van der Waals surface area contributed by atoms with Gasteiger partial charge in [-0.25, -0.2) is 13.2 Å². The Bertz CT molecular complexity index is 582. The Hall–Kier alpha value is -1.88. The second-order valence-electron chi connectivity index (χ2n) is 4.56. The molecule has 2 nitrogen and oxygen atoms in total. The smallest absolute Gasteiger partial charge is 0.159 e. The van der Waals surface area contributed by atoms with Gasteiger partial charge in [-0.2, -0.15) is 0 Å². The van der Waals surface area contributed by atoms with Crippen molar-refractivity contribution in [3.63, 3.8) is 0 Å². The van der Waals surface area contributed by atoms with Gasteiger partial charge in [0.05, 0.1) is 11.9 Å².